The molecule has 1 atom stereocenters. The Morgan fingerprint density at radius 3 is 2.30 bits per heavy atom. The lowest BCUT2D eigenvalue weighted by Crippen LogP contribution is -2.25. The van der Waals surface area contributed by atoms with Crippen molar-refractivity contribution in [1.29, 1.82) is 0 Å². The predicted molar refractivity (Wildman–Crippen MR) is 106 cm³/mol. The molecule has 0 saturated heterocycles. The fourth-order valence-electron chi connectivity index (χ4n) is 3.77. The van der Waals surface area contributed by atoms with E-state index in [-0.39, 0.29) is 13.2 Å². The number of aromatic nitrogens is 1. The van der Waals surface area contributed by atoms with Crippen LogP contribution in [-0.2, 0) is 18.8 Å². The van der Waals surface area contributed by atoms with Crippen molar-refractivity contribution in [2.24, 2.45) is 0 Å². The monoisotopic (exact) mass is 359 g/mol. The second-order valence-corrected chi connectivity index (χ2v) is 6.92. The summed E-state index contributed by atoms with van der Waals surface area (Å²) in [5.74, 6) is 0. The van der Waals surface area contributed by atoms with Gasteiger partial charge >= 0.3 is 0 Å². The van der Waals surface area contributed by atoms with E-state index < -0.39 is 5.60 Å². The molecule has 3 N–H and O–H groups in total. The van der Waals surface area contributed by atoms with Gasteiger partial charge in [-0.2, -0.15) is 0 Å². The summed E-state index contributed by atoms with van der Waals surface area (Å²) in [6, 6.07) is 19.3. The maximum Gasteiger partial charge on any atom is 0.130 e. The highest BCUT2D eigenvalue weighted by molar-refractivity contribution is 5.90. The zero-order valence-corrected chi connectivity index (χ0v) is 15.1. The van der Waals surface area contributed by atoms with Crippen LogP contribution in [0.25, 0.3) is 21.5 Å². The van der Waals surface area contributed by atoms with E-state index in [1.54, 1.807) is 13.1 Å². The van der Waals surface area contributed by atoms with Crippen molar-refractivity contribution >= 4 is 21.5 Å². The molecule has 0 aliphatic carbocycles. The lowest BCUT2D eigenvalue weighted by molar-refractivity contribution is 0.101. The van der Waals surface area contributed by atoms with Crippen LogP contribution in [0.3, 0.4) is 0 Å². The van der Waals surface area contributed by atoms with Gasteiger partial charge in [0.25, 0.3) is 0 Å². The Labute approximate surface area is 157 Å². The third-order valence-electron chi connectivity index (χ3n) is 5.20. The van der Waals surface area contributed by atoms with Crippen LogP contribution in [0, 0.1) is 0 Å². The van der Waals surface area contributed by atoms with E-state index in [4.69, 9.17) is 0 Å². The third kappa shape index (κ3) is 2.88. The normalized spacial score (nSPS) is 13.8. The molecule has 136 valence electrons. The smallest absolute Gasteiger partial charge is 0.130 e. The number of pyridine rings is 1. The summed E-state index contributed by atoms with van der Waals surface area (Å²) < 4.78 is 0. The number of nitrogens with zero attached hydrogens (tertiary/aromatic N) is 1. The minimum atomic E-state index is -1.33. The summed E-state index contributed by atoms with van der Waals surface area (Å²) in [5.41, 5.74) is 1.28. The highest BCUT2D eigenvalue weighted by atomic mass is 16.3. The number of fused-ring (bicyclic) bond motifs is 2. The SMILES string of the molecule is CC(O)(c1cccc2ccccc12)c1nccc2cc(CO)c(CO)cc12. The number of hydrogen-bond donors (Lipinski definition) is 3. The molecule has 1 aromatic heterocycles. The maximum atomic E-state index is 11.6. The van der Waals surface area contributed by atoms with E-state index >= 15 is 0 Å². The zero-order chi connectivity index (χ0) is 19.0. The molecule has 3 aromatic carbocycles. The van der Waals surface area contributed by atoms with Gasteiger partial charge in [-0.05, 0) is 58.0 Å². The van der Waals surface area contributed by atoms with E-state index in [1.165, 1.54) is 0 Å². The van der Waals surface area contributed by atoms with Gasteiger partial charge in [-0.3, -0.25) is 4.98 Å². The third-order valence-corrected chi connectivity index (χ3v) is 5.20. The van der Waals surface area contributed by atoms with Crippen LogP contribution in [0.5, 0.6) is 0 Å². The Morgan fingerprint density at radius 1 is 0.815 bits per heavy atom. The molecule has 1 heterocycles. The Kier molecular flexibility index (Phi) is 4.40. The van der Waals surface area contributed by atoms with Crippen LogP contribution >= 0.6 is 0 Å². The molecule has 0 amide bonds. The molecule has 0 bridgehead atoms. The minimum Gasteiger partial charge on any atom is -0.392 e. The lowest BCUT2D eigenvalue weighted by atomic mass is 9.85. The van der Waals surface area contributed by atoms with Crippen molar-refractivity contribution in [3.05, 3.63) is 89.2 Å². The first-order valence-corrected chi connectivity index (χ1v) is 8.89. The van der Waals surface area contributed by atoms with Crippen molar-refractivity contribution in [2.45, 2.75) is 25.7 Å². The molecule has 1 unspecified atom stereocenters. The van der Waals surface area contributed by atoms with Gasteiger partial charge in [-0.1, -0.05) is 42.5 Å². The Hall–Kier alpha value is -2.79. The minimum absolute atomic E-state index is 0.150. The largest absolute Gasteiger partial charge is 0.392 e. The summed E-state index contributed by atoms with van der Waals surface area (Å²) in [5, 5.41) is 34.4. The summed E-state index contributed by atoms with van der Waals surface area (Å²) in [6.07, 6.45) is 1.66. The van der Waals surface area contributed by atoms with Crippen LogP contribution in [-0.4, -0.2) is 20.3 Å². The van der Waals surface area contributed by atoms with E-state index in [0.717, 1.165) is 27.1 Å². The molecule has 0 radical (unpaired) electrons. The molecule has 4 nitrogen and oxygen atoms in total. The molecule has 4 rings (SSSR count). The Morgan fingerprint density at radius 2 is 1.52 bits per heavy atom. The molecule has 0 saturated carbocycles. The number of hydrogen-bond acceptors (Lipinski definition) is 4. The first-order chi connectivity index (χ1) is 13.1. The summed E-state index contributed by atoms with van der Waals surface area (Å²) in [6.45, 7) is 1.41. The number of aliphatic hydroxyl groups excluding tert-OH is 2. The molecule has 4 heteroatoms. The number of aliphatic hydroxyl groups is 3. The van der Waals surface area contributed by atoms with E-state index in [9.17, 15) is 15.3 Å². The number of benzene rings is 3. The van der Waals surface area contributed by atoms with Gasteiger partial charge in [0.05, 0.1) is 18.9 Å². The maximum absolute atomic E-state index is 11.6. The quantitative estimate of drug-likeness (QED) is 0.520. The van der Waals surface area contributed by atoms with Gasteiger partial charge < -0.3 is 15.3 Å². The molecule has 27 heavy (non-hydrogen) atoms. The molecule has 0 aliphatic heterocycles. The van der Waals surface area contributed by atoms with Crippen molar-refractivity contribution in [2.75, 3.05) is 0 Å². The fraction of sp³-hybridized carbons (Fsp3) is 0.174. The van der Waals surface area contributed by atoms with Crippen molar-refractivity contribution in [3.63, 3.8) is 0 Å². The van der Waals surface area contributed by atoms with E-state index in [0.29, 0.717) is 16.8 Å². The Balaban J connectivity index is 2.00. The summed E-state index contributed by atoms with van der Waals surface area (Å²) >= 11 is 0. The van der Waals surface area contributed by atoms with Gasteiger partial charge in [0.15, 0.2) is 0 Å². The van der Waals surface area contributed by atoms with Crippen LogP contribution in [0.4, 0.5) is 0 Å². The molecule has 4 aromatic rings. The summed E-state index contributed by atoms with van der Waals surface area (Å²) in [7, 11) is 0. The van der Waals surface area contributed by atoms with Crippen LogP contribution in [0.1, 0.15) is 29.3 Å². The highest BCUT2D eigenvalue weighted by Crippen LogP contribution is 2.37. The molecular formula is C23H21NO3. The average Bonchev–Trinajstić information content (AvgIpc) is 2.71. The van der Waals surface area contributed by atoms with Crippen molar-refractivity contribution in [1.82, 2.24) is 4.98 Å². The topological polar surface area (TPSA) is 73.6 Å². The van der Waals surface area contributed by atoms with Crippen molar-refractivity contribution < 1.29 is 15.3 Å². The van der Waals surface area contributed by atoms with Crippen molar-refractivity contribution in [3.8, 4) is 0 Å². The fourth-order valence-corrected chi connectivity index (χ4v) is 3.77. The van der Waals surface area contributed by atoms with Gasteiger partial charge in [-0.15, -0.1) is 0 Å². The second kappa shape index (κ2) is 6.74. The van der Waals surface area contributed by atoms with Crippen LogP contribution < -0.4 is 0 Å². The van der Waals surface area contributed by atoms with Gasteiger partial charge in [-0.25, -0.2) is 0 Å². The number of rotatable bonds is 4. The van der Waals surface area contributed by atoms with Gasteiger partial charge in [0.1, 0.15) is 5.60 Å². The average molecular weight is 359 g/mol. The van der Waals surface area contributed by atoms with Crippen LogP contribution in [0.15, 0.2) is 66.9 Å². The second-order valence-electron chi connectivity index (χ2n) is 6.92. The highest BCUT2D eigenvalue weighted by Gasteiger charge is 2.31. The Bertz CT molecular complexity index is 1130. The van der Waals surface area contributed by atoms with Gasteiger partial charge in [0, 0.05) is 11.6 Å². The van der Waals surface area contributed by atoms with Gasteiger partial charge in [0.2, 0.25) is 0 Å². The molecular weight excluding hydrogens is 338 g/mol. The zero-order valence-electron chi connectivity index (χ0n) is 15.1. The molecule has 0 fully saturated rings. The summed E-state index contributed by atoms with van der Waals surface area (Å²) in [4.78, 5) is 4.50. The first-order valence-electron chi connectivity index (χ1n) is 8.89. The predicted octanol–water partition coefficient (Wildman–Crippen LogP) is 3.63. The van der Waals surface area contributed by atoms with Crippen LogP contribution in [0.2, 0.25) is 0 Å². The molecule has 0 spiro atoms. The molecule has 0 aliphatic rings. The van der Waals surface area contributed by atoms with E-state index in [2.05, 4.69) is 4.98 Å². The lowest BCUT2D eigenvalue weighted by Gasteiger charge is -2.26. The first kappa shape index (κ1) is 17.6. The van der Waals surface area contributed by atoms with E-state index in [1.807, 2.05) is 60.7 Å². The standard InChI is InChI=1S/C23H21NO3/c1-23(27,21-8-4-6-15-5-2-3-7-19(15)21)22-20-12-18(14-26)17(13-25)11-16(20)9-10-24-22/h2-12,25-27H,13-14H2,1H3.